The van der Waals surface area contributed by atoms with Gasteiger partial charge in [-0.2, -0.15) is 9.57 Å². The van der Waals surface area contributed by atoms with Gasteiger partial charge in [0.2, 0.25) is 10.0 Å². The zero-order valence-corrected chi connectivity index (χ0v) is 17.0. The molecule has 4 fully saturated rings. The van der Waals surface area contributed by atoms with Crippen LogP contribution in [0.5, 0.6) is 0 Å². The molecule has 0 saturated carbocycles. The minimum Gasteiger partial charge on any atom is -0.380 e. The molecule has 9 heteroatoms. The highest BCUT2D eigenvalue weighted by Gasteiger charge is 2.54. The van der Waals surface area contributed by atoms with Crippen LogP contribution in [0.2, 0.25) is 0 Å². The quantitative estimate of drug-likeness (QED) is 0.733. The maximum atomic E-state index is 14.2. The predicted octanol–water partition coefficient (Wildman–Crippen LogP) is 1.34. The Kier molecular flexibility index (Phi) is 4.50. The Labute approximate surface area is 170 Å². The highest BCUT2D eigenvalue weighted by Crippen LogP contribution is 2.44. The van der Waals surface area contributed by atoms with Crippen LogP contribution in [-0.4, -0.2) is 75.3 Å². The van der Waals surface area contributed by atoms with Crippen molar-refractivity contribution in [1.29, 1.82) is 5.26 Å². The number of likely N-dealkylation sites (tertiary alicyclic amines) is 1. The van der Waals surface area contributed by atoms with Crippen molar-refractivity contribution in [3.05, 3.63) is 29.6 Å². The third-order valence-corrected chi connectivity index (χ3v) is 8.82. The molecule has 0 radical (unpaired) electrons. The van der Waals surface area contributed by atoms with Gasteiger partial charge in [0.05, 0.1) is 37.1 Å². The van der Waals surface area contributed by atoms with E-state index in [-0.39, 0.29) is 11.2 Å². The van der Waals surface area contributed by atoms with Crippen LogP contribution in [0, 0.1) is 22.6 Å². The van der Waals surface area contributed by atoms with E-state index >= 15 is 0 Å². The first-order valence-electron chi connectivity index (χ1n) is 10.0. The number of ether oxygens (including phenoxy) is 2. The normalized spacial score (nSPS) is 28.8. The van der Waals surface area contributed by atoms with Gasteiger partial charge in [0.25, 0.3) is 0 Å². The van der Waals surface area contributed by atoms with E-state index in [9.17, 15) is 12.8 Å². The van der Waals surface area contributed by atoms with Crippen LogP contribution in [0.3, 0.4) is 0 Å². The van der Waals surface area contributed by atoms with Gasteiger partial charge >= 0.3 is 0 Å². The van der Waals surface area contributed by atoms with Gasteiger partial charge in [0.1, 0.15) is 10.7 Å². The number of halogens is 1. The number of piperidine rings is 1. The van der Waals surface area contributed by atoms with Crippen molar-refractivity contribution in [2.75, 3.05) is 46.0 Å². The van der Waals surface area contributed by atoms with Crippen LogP contribution in [-0.2, 0) is 19.5 Å². The first kappa shape index (κ1) is 19.4. The lowest BCUT2D eigenvalue weighted by atomic mass is 9.76. The van der Waals surface area contributed by atoms with E-state index in [2.05, 4.69) is 4.90 Å². The highest BCUT2D eigenvalue weighted by molar-refractivity contribution is 7.89. The van der Waals surface area contributed by atoms with Crippen molar-refractivity contribution in [1.82, 2.24) is 9.21 Å². The maximum absolute atomic E-state index is 14.2. The molecule has 7 nitrogen and oxygen atoms in total. The summed E-state index contributed by atoms with van der Waals surface area (Å²) in [6.45, 7) is 5.12. The number of rotatable bonds is 3. The number of hydrogen-bond donors (Lipinski definition) is 0. The van der Waals surface area contributed by atoms with Crippen molar-refractivity contribution in [2.24, 2.45) is 5.41 Å². The van der Waals surface area contributed by atoms with E-state index in [4.69, 9.17) is 14.7 Å². The average Bonchev–Trinajstić information content (AvgIpc) is 3.03. The summed E-state index contributed by atoms with van der Waals surface area (Å²) >= 11 is 0. The Morgan fingerprint density at radius 3 is 2.55 bits per heavy atom. The molecule has 1 aromatic rings. The molecule has 1 atom stereocenters. The molecule has 4 aliphatic heterocycles. The molecule has 0 N–H and O–H groups in total. The zero-order chi connectivity index (χ0) is 20.3. The van der Waals surface area contributed by atoms with E-state index in [1.165, 1.54) is 10.4 Å². The van der Waals surface area contributed by atoms with Crippen LogP contribution in [0.4, 0.5) is 4.39 Å². The molecule has 0 aliphatic carbocycles. The number of benzene rings is 1. The summed E-state index contributed by atoms with van der Waals surface area (Å²) in [4.78, 5) is 2.04. The van der Waals surface area contributed by atoms with Crippen molar-refractivity contribution in [2.45, 2.75) is 35.8 Å². The van der Waals surface area contributed by atoms with Gasteiger partial charge < -0.3 is 9.47 Å². The predicted molar refractivity (Wildman–Crippen MR) is 101 cm³/mol. The number of hydrogen-bond acceptors (Lipinski definition) is 6. The second kappa shape index (κ2) is 6.72. The van der Waals surface area contributed by atoms with Crippen molar-refractivity contribution in [3.63, 3.8) is 0 Å². The molecule has 0 amide bonds. The molecule has 2 spiro atoms. The van der Waals surface area contributed by atoms with E-state index < -0.39 is 20.7 Å². The van der Waals surface area contributed by atoms with Crippen molar-refractivity contribution in [3.8, 4) is 6.07 Å². The fraction of sp³-hybridized carbons (Fsp3) is 0.650. The third-order valence-electron chi connectivity index (χ3n) is 6.91. The summed E-state index contributed by atoms with van der Waals surface area (Å²) in [6.07, 6.45) is 2.12. The van der Waals surface area contributed by atoms with Crippen LogP contribution in [0.15, 0.2) is 23.1 Å². The largest absolute Gasteiger partial charge is 0.380 e. The van der Waals surface area contributed by atoms with E-state index in [0.717, 1.165) is 44.9 Å². The summed E-state index contributed by atoms with van der Waals surface area (Å²) in [5.41, 5.74) is 0.210. The SMILES string of the molecule is N#Cc1ccc(F)c(S(=O)(=O)N2CCC3(CC2)CC(N2CC4(COC4)C2)CO3)c1. The molecule has 4 aliphatic rings. The van der Waals surface area contributed by atoms with E-state index in [1.54, 1.807) is 0 Å². The topological polar surface area (TPSA) is 82.9 Å². The second-order valence-electron chi connectivity index (χ2n) is 8.91. The van der Waals surface area contributed by atoms with Gasteiger partial charge in [-0.3, -0.25) is 4.90 Å². The third kappa shape index (κ3) is 3.18. The van der Waals surface area contributed by atoms with E-state index in [1.807, 2.05) is 6.07 Å². The molecule has 1 unspecified atom stereocenters. The summed E-state index contributed by atoms with van der Waals surface area (Å²) in [5, 5.41) is 9.01. The molecule has 29 heavy (non-hydrogen) atoms. The molecule has 156 valence electrons. The van der Waals surface area contributed by atoms with Crippen LogP contribution < -0.4 is 0 Å². The maximum Gasteiger partial charge on any atom is 0.246 e. The highest BCUT2D eigenvalue weighted by atomic mass is 32.2. The van der Waals surface area contributed by atoms with Gasteiger partial charge in [-0.15, -0.1) is 0 Å². The Hall–Kier alpha value is -1.57. The van der Waals surface area contributed by atoms with Gasteiger partial charge in [0, 0.05) is 37.6 Å². The summed E-state index contributed by atoms with van der Waals surface area (Å²) in [7, 11) is -3.98. The first-order valence-corrected chi connectivity index (χ1v) is 11.4. The lowest BCUT2D eigenvalue weighted by molar-refractivity contribution is -0.197. The minimum absolute atomic E-state index is 0.129. The van der Waals surface area contributed by atoms with Crippen LogP contribution in [0.25, 0.3) is 0 Å². The van der Waals surface area contributed by atoms with Crippen molar-refractivity contribution < 1.29 is 22.3 Å². The fourth-order valence-corrected chi connectivity index (χ4v) is 6.63. The zero-order valence-electron chi connectivity index (χ0n) is 16.1. The molecule has 4 heterocycles. The molecule has 5 rings (SSSR count). The standard InChI is InChI=1S/C20H24FN3O4S/c21-17-2-1-15(9-22)7-18(17)29(25,26)24-5-3-20(4-6-24)8-16(10-28-20)23-11-19(12-23)13-27-14-19/h1-2,7,16H,3-6,8,10-14H2. The summed E-state index contributed by atoms with van der Waals surface area (Å²) in [6, 6.07) is 5.68. The monoisotopic (exact) mass is 421 g/mol. The number of nitrogens with zero attached hydrogens (tertiary/aromatic N) is 3. The molecule has 1 aromatic carbocycles. The summed E-state index contributed by atoms with van der Waals surface area (Å²) < 4.78 is 52.9. The second-order valence-corrected chi connectivity index (χ2v) is 10.8. The molecular formula is C20H24FN3O4S. The summed E-state index contributed by atoms with van der Waals surface area (Å²) in [5.74, 6) is -0.826. The van der Waals surface area contributed by atoms with Gasteiger partial charge in [-0.05, 0) is 37.5 Å². The molecule has 0 bridgehead atoms. The lowest BCUT2D eigenvalue weighted by Crippen LogP contribution is -2.68. The molecule has 4 saturated heterocycles. The van der Waals surface area contributed by atoms with Crippen LogP contribution >= 0.6 is 0 Å². The fourth-order valence-electron chi connectivity index (χ4n) is 5.09. The Morgan fingerprint density at radius 1 is 1.21 bits per heavy atom. The van der Waals surface area contributed by atoms with Crippen molar-refractivity contribution >= 4 is 10.0 Å². The molecule has 0 aromatic heterocycles. The number of nitriles is 1. The van der Waals surface area contributed by atoms with Crippen LogP contribution in [0.1, 0.15) is 24.8 Å². The molecular weight excluding hydrogens is 397 g/mol. The Balaban J connectivity index is 1.23. The van der Waals surface area contributed by atoms with Gasteiger partial charge in [-0.1, -0.05) is 0 Å². The van der Waals surface area contributed by atoms with E-state index in [0.29, 0.717) is 44.0 Å². The van der Waals surface area contributed by atoms with Gasteiger partial charge in [-0.25, -0.2) is 12.8 Å². The number of sulfonamides is 1. The lowest BCUT2D eigenvalue weighted by Gasteiger charge is -2.57. The smallest absolute Gasteiger partial charge is 0.246 e. The first-order chi connectivity index (χ1) is 13.8. The minimum atomic E-state index is -3.98. The Bertz CT molecular complexity index is 956. The average molecular weight is 421 g/mol. The Morgan fingerprint density at radius 2 is 1.93 bits per heavy atom. The van der Waals surface area contributed by atoms with Gasteiger partial charge in [0.15, 0.2) is 0 Å².